The first-order valence-corrected chi connectivity index (χ1v) is 12.6. The standard InChI is InChI=1S/C27H33N7O3/c1-18-14-31(9-10-35)16-23(18)17-34-25-11-21(5-6-24(25)26(37)30(34)4)22-12-28-27(29-13-22)32-7-8-33(20(3)36)19(2)15-32/h5-6,11-14,16,19,35H,7-10,15,17H2,1-4H3/t19-/m1/s1. The zero-order valence-electron chi connectivity index (χ0n) is 21.8. The summed E-state index contributed by atoms with van der Waals surface area (Å²) >= 11 is 0. The van der Waals surface area contributed by atoms with Crippen LogP contribution in [0.5, 0.6) is 0 Å². The van der Waals surface area contributed by atoms with Gasteiger partial charge in [0.2, 0.25) is 11.9 Å². The van der Waals surface area contributed by atoms with Crippen molar-refractivity contribution in [2.45, 2.75) is 39.9 Å². The molecule has 0 unspecified atom stereocenters. The molecule has 1 aliphatic rings. The molecule has 10 heteroatoms. The number of nitrogens with zero attached hydrogens (tertiary/aromatic N) is 7. The third kappa shape index (κ3) is 4.64. The van der Waals surface area contributed by atoms with Gasteiger partial charge in [-0.2, -0.15) is 0 Å². The molecule has 0 saturated carbocycles. The van der Waals surface area contributed by atoms with Crippen molar-refractivity contribution < 1.29 is 9.90 Å². The van der Waals surface area contributed by atoms with E-state index < -0.39 is 0 Å². The maximum atomic E-state index is 12.9. The zero-order valence-corrected chi connectivity index (χ0v) is 21.8. The van der Waals surface area contributed by atoms with Crippen LogP contribution in [0.4, 0.5) is 5.95 Å². The number of fused-ring (bicyclic) bond motifs is 1. The number of aryl methyl sites for hydroxylation is 1. The van der Waals surface area contributed by atoms with E-state index in [0.29, 0.717) is 44.1 Å². The van der Waals surface area contributed by atoms with Gasteiger partial charge in [-0.1, -0.05) is 6.07 Å². The molecule has 10 nitrogen and oxygen atoms in total. The van der Waals surface area contributed by atoms with Crippen LogP contribution in [0.25, 0.3) is 22.0 Å². The molecule has 1 fully saturated rings. The highest BCUT2D eigenvalue weighted by Gasteiger charge is 2.26. The van der Waals surface area contributed by atoms with Crippen molar-refractivity contribution in [1.82, 2.24) is 28.8 Å². The fourth-order valence-electron chi connectivity index (χ4n) is 5.23. The third-order valence-corrected chi connectivity index (χ3v) is 7.31. The van der Waals surface area contributed by atoms with Gasteiger partial charge < -0.3 is 19.5 Å². The Morgan fingerprint density at radius 3 is 2.57 bits per heavy atom. The van der Waals surface area contributed by atoms with Crippen molar-refractivity contribution in [2.75, 3.05) is 31.1 Å². The number of hydrogen-bond acceptors (Lipinski definition) is 6. The molecular formula is C27H33N7O3. The number of rotatable bonds is 6. The summed E-state index contributed by atoms with van der Waals surface area (Å²) < 4.78 is 5.61. The Balaban J connectivity index is 1.42. The normalized spacial score (nSPS) is 16.1. The number of aliphatic hydroxyl groups is 1. The predicted molar refractivity (Wildman–Crippen MR) is 143 cm³/mol. The molecule has 1 aromatic carbocycles. The maximum Gasteiger partial charge on any atom is 0.274 e. The fourth-order valence-corrected chi connectivity index (χ4v) is 5.23. The Kier molecular flexibility index (Phi) is 6.59. The minimum atomic E-state index is -0.0422. The van der Waals surface area contributed by atoms with Gasteiger partial charge in [-0.05, 0) is 42.7 Å². The number of hydrogen-bond donors (Lipinski definition) is 1. The lowest BCUT2D eigenvalue weighted by Gasteiger charge is -2.39. The van der Waals surface area contributed by atoms with Crippen LogP contribution in [0, 0.1) is 6.92 Å². The summed E-state index contributed by atoms with van der Waals surface area (Å²) in [6.07, 6.45) is 7.67. The van der Waals surface area contributed by atoms with Gasteiger partial charge in [-0.15, -0.1) is 0 Å². The minimum absolute atomic E-state index is 0.0422. The summed E-state index contributed by atoms with van der Waals surface area (Å²) in [5, 5.41) is 9.93. The van der Waals surface area contributed by atoms with Crippen LogP contribution in [-0.2, 0) is 24.9 Å². The smallest absolute Gasteiger partial charge is 0.274 e. The summed E-state index contributed by atoms with van der Waals surface area (Å²) in [5.74, 6) is 0.746. The van der Waals surface area contributed by atoms with E-state index in [1.807, 2.05) is 71.0 Å². The largest absolute Gasteiger partial charge is 0.395 e. The lowest BCUT2D eigenvalue weighted by molar-refractivity contribution is -0.131. The van der Waals surface area contributed by atoms with E-state index in [0.717, 1.165) is 27.8 Å². The molecule has 4 heterocycles. The van der Waals surface area contributed by atoms with Crippen LogP contribution in [0.1, 0.15) is 25.0 Å². The van der Waals surface area contributed by atoms with Gasteiger partial charge in [0.1, 0.15) is 0 Å². The molecule has 5 rings (SSSR count). The van der Waals surface area contributed by atoms with E-state index in [1.54, 1.807) is 18.7 Å². The van der Waals surface area contributed by atoms with Gasteiger partial charge >= 0.3 is 0 Å². The molecule has 4 aromatic rings. The van der Waals surface area contributed by atoms with Gasteiger partial charge in [0.15, 0.2) is 0 Å². The molecular weight excluding hydrogens is 470 g/mol. The van der Waals surface area contributed by atoms with Crippen LogP contribution < -0.4 is 10.5 Å². The molecule has 0 spiro atoms. The molecule has 1 amide bonds. The van der Waals surface area contributed by atoms with Gasteiger partial charge in [-0.3, -0.25) is 19.0 Å². The highest BCUT2D eigenvalue weighted by Crippen LogP contribution is 2.25. The lowest BCUT2D eigenvalue weighted by Crippen LogP contribution is -2.53. The number of aliphatic hydroxyl groups excluding tert-OH is 1. The first-order chi connectivity index (χ1) is 17.8. The van der Waals surface area contributed by atoms with Crippen molar-refractivity contribution >= 4 is 22.8 Å². The van der Waals surface area contributed by atoms with Crippen molar-refractivity contribution in [3.8, 4) is 11.1 Å². The minimum Gasteiger partial charge on any atom is -0.395 e. The molecule has 3 aromatic heterocycles. The number of piperazine rings is 1. The lowest BCUT2D eigenvalue weighted by atomic mass is 10.1. The second kappa shape index (κ2) is 9.85. The molecule has 1 saturated heterocycles. The number of amides is 1. The zero-order chi connectivity index (χ0) is 26.3. The van der Waals surface area contributed by atoms with Crippen LogP contribution in [0.2, 0.25) is 0 Å². The SMILES string of the molecule is CC(=O)N1CCN(c2ncc(-c3ccc4c(=O)n(C)n(Cc5cn(CCO)cc5C)c4c3)cn2)C[C@H]1C. The Bertz CT molecular complexity index is 1500. The summed E-state index contributed by atoms with van der Waals surface area (Å²) in [5.41, 5.74) is 4.81. The number of carbonyl (C=O) groups is 1. The van der Waals surface area contributed by atoms with Crippen LogP contribution in [-0.4, -0.2) is 72.1 Å². The summed E-state index contributed by atoms with van der Waals surface area (Å²) in [7, 11) is 1.78. The maximum absolute atomic E-state index is 12.9. The van der Waals surface area contributed by atoms with E-state index in [1.165, 1.54) is 0 Å². The van der Waals surface area contributed by atoms with Crippen molar-refractivity contribution in [3.63, 3.8) is 0 Å². The first-order valence-electron chi connectivity index (χ1n) is 12.6. The highest BCUT2D eigenvalue weighted by molar-refractivity contribution is 5.84. The molecule has 1 N–H and O–H groups in total. The van der Waals surface area contributed by atoms with Crippen molar-refractivity contribution in [3.05, 3.63) is 64.5 Å². The Labute approximate surface area is 215 Å². The Morgan fingerprint density at radius 2 is 1.89 bits per heavy atom. The summed E-state index contributed by atoms with van der Waals surface area (Å²) in [4.78, 5) is 38.0. The van der Waals surface area contributed by atoms with E-state index >= 15 is 0 Å². The molecule has 0 radical (unpaired) electrons. The molecule has 1 aliphatic heterocycles. The highest BCUT2D eigenvalue weighted by atomic mass is 16.3. The monoisotopic (exact) mass is 503 g/mol. The second-order valence-corrected chi connectivity index (χ2v) is 9.83. The Morgan fingerprint density at radius 1 is 1.14 bits per heavy atom. The average Bonchev–Trinajstić information content (AvgIpc) is 3.35. The number of aromatic nitrogens is 5. The van der Waals surface area contributed by atoms with E-state index in [4.69, 9.17) is 0 Å². The average molecular weight is 504 g/mol. The van der Waals surface area contributed by atoms with Crippen molar-refractivity contribution in [2.24, 2.45) is 7.05 Å². The fraction of sp³-hybridized carbons (Fsp3) is 0.407. The number of carbonyl (C=O) groups excluding carboxylic acids is 1. The van der Waals surface area contributed by atoms with E-state index in [-0.39, 0.29) is 24.1 Å². The summed E-state index contributed by atoms with van der Waals surface area (Å²) in [6, 6.07) is 5.92. The summed E-state index contributed by atoms with van der Waals surface area (Å²) in [6.45, 7) is 8.90. The number of benzene rings is 1. The van der Waals surface area contributed by atoms with Crippen LogP contribution >= 0.6 is 0 Å². The molecule has 194 valence electrons. The first kappa shape index (κ1) is 24.8. The van der Waals surface area contributed by atoms with Crippen molar-refractivity contribution in [1.29, 1.82) is 0 Å². The molecule has 0 bridgehead atoms. The topological polar surface area (TPSA) is 101 Å². The molecule has 37 heavy (non-hydrogen) atoms. The Hall–Kier alpha value is -3.92. The molecule has 0 aliphatic carbocycles. The van der Waals surface area contributed by atoms with Gasteiger partial charge in [0.25, 0.3) is 5.56 Å². The quantitative estimate of drug-likeness (QED) is 0.432. The number of anilines is 1. The van der Waals surface area contributed by atoms with Gasteiger partial charge in [-0.25, -0.2) is 9.97 Å². The molecule has 1 atom stereocenters. The predicted octanol–water partition coefficient (Wildman–Crippen LogP) is 2.00. The van der Waals surface area contributed by atoms with Gasteiger partial charge in [0, 0.05) is 76.5 Å². The van der Waals surface area contributed by atoms with Gasteiger partial charge in [0.05, 0.1) is 24.1 Å². The van der Waals surface area contributed by atoms with E-state index in [2.05, 4.69) is 14.9 Å². The van der Waals surface area contributed by atoms with Crippen LogP contribution in [0.3, 0.4) is 0 Å². The third-order valence-electron chi connectivity index (χ3n) is 7.31. The van der Waals surface area contributed by atoms with Crippen LogP contribution in [0.15, 0.2) is 47.8 Å². The van der Waals surface area contributed by atoms with E-state index in [9.17, 15) is 14.7 Å². The second-order valence-electron chi connectivity index (χ2n) is 9.83.